The molecule has 2 rings (SSSR count). The van der Waals surface area contributed by atoms with Crippen LogP contribution in [0.2, 0.25) is 0 Å². The molecule has 0 amide bonds. The molecule has 0 bridgehead atoms. The van der Waals surface area contributed by atoms with Crippen molar-refractivity contribution in [1.29, 1.82) is 0 Å². The highest BCUT2D eigenvalue weighted by Gasteiger charge is 2.32. The topological polar surface area (TPSA) is 3.24 Å². The summed E-state index contributed by atoms with van der Waals surface area (Å²) in [6.07, 6.45) is 9.05. The Morgan fingerprint density at radius 1 is 0.842 bits per heavy atom. The fraction of sp³-hybridized carbons (Fsp3) is 1.00. The smallest absolute Gasteiger partial charge is 0.000439 e. The third kappa shape index (κ3) is 5.10. The minimum absolute atomic E-state index is 0.833. The van der Waals surface area contributed by atoms with Crippen LogP contribution in [-0.2, 0) is 0 Å². The average molecular weight is 265 g/mol. The number of hydrogen-bond acceptors (Lipinski definition) is 1. The summed E-state index contributed by atoms with van der Waals surface area (Å²) in [7, 11) is 0. The largest absolute Gasteiger partial charge is 0.303 e. The predicted octanol–water partition coefficient (Wildman–Crippen LogP) is 4.82. The lowest BCUT2D eigenvalue weighted by molar-refractivity contribution is 0.102. The van der Waals surface area contributed by atoms with Crippen molar-refractivity contribution in [2.24, 2.45) is 29.6 Å². The molecule has 0 unspecified atom stereocenters. The van der Waals surface area contributed by atoms with E-state index < -0.39 is 0 Å². The summed E-state index contributed by atoms with van der Waals surface area (Å²) >= 11 is 0. The van der Waals surface area contributed by atoms with E-state index in [-0.39, 0.29) is 0 Å². The molecule has 112 valence electrons. The van der Waals surface area contributed by atoms with Crippen LogP contribution in [0.4, 0.5) is 0 Å². The summed E-state index contributed by atoms with van der Waals surface area (Å²) in [6, 6.07) is 0. The van der Waals surface area contributed by atoms with Crippen molar-refractivity contribution in [2.75, 3.05) is 19.6 Å². The Bertz CT molecular complexity index is 244. The van der Waals surface area contributed by atoms with Gasteiger partial charge >= 0.3 is 0 Å². The van der Waals surface area contributed by atoms with Crippen LogP contribution >= 0.6 is 0 Å². The Labute approximate surface area is 121 Å². The molecule has 0 aromatic heterocycles. The van der Waals surface area contributed by atoms with Crippen LogP contribution in [0.1, 0.15) is 66.2 Å². The zero-order chi connectivity index (χ0) is 13.8. The van der Waals surface area contributed by atoms with Gasteiger partial charge < -0.3 is 4.90 Å². The highest BCUT2D eigenvalue weighted by molar-refractivity contribution is 4.84. The van der Waals surface area contributed by atoms with Crippen LogP contribution in [0.15, 0.2) is 0 Å². The van der Waals surface area contributed by atoms with Crippen molar-refractivity contribution < 1.29 is 0 Å². The van der Waals surface area contributed by atoms with E-state index in [0.29, 0.717) is 0 Å². The molecular formula is C18H35N. The molecule has 0 radical (unpaired) electrons. The maximum absolute atomic E-state index is 2.68. The molecule has 1 heterocycles. The molecule has 0 spiro atoms. The van der Waals surface area contributed by atoms with Gasteiger partial charge in [0, 0.05) is 6.54 Å². The quantitative estimate of drug-likeness (QED) is 0.665. The average Bonchev–Trinajstić information content (AvgIpc) is 2.27. The maximum Gasteiger partial charge on any atom is 0.000439 e. The fourth-order valence-electron chi connectivity index (χ4n) is 4.32. The number of rotatable bonds is 6. The van der Waals surface area contributed by atoms with Gasteiger partial charge in [-0.05, 0) is 81.2 Å². The predicted molar refractivity (Wildman–Crippen MR) is 84.3 cm³/mol. The summed E-state index contributed by atoms with van der Waals surface area (Å²) in [6.45, 7) is 13.5. The molecule has 0 N–H and O–H groups in total. The van der Waals surface area contributed by atoms with Crippen LogP contribution in [0.5, 0.6) is 0 Å². The van der Waals surface area contributed by atoms with E-state index in [0.717, 1.165) is 29.6 Å². The van der Waals surface area contributed by atoms with Gasteiger partial charge in [-0.25, -0.2) is 0 Å². The molecule has 1 aliphatic carbocycles. The summed E-state index contributed by atoms with van der Waals surface area (Å²) in [5.41, 5.74) is 0. The van der Waals surface area contributed by atoms with Crippen molar-refractivity contribution in [3.63, 3.8) is 0 Å². The zero-order valence-corrected chi connectivity index (χ0v) is 13.7. The molecular weight excluding hydrogens is 230 g/mol. The van der Waals surface area contributed by atoms with E-state index >= 15 is 0 Å². The van der Waals surface area contributed by atoms with Crippen LogP contribution < -0.4 is 0 Å². The van der Waals surface area contributed by atoms with Gasteiger partial charge in [-0.2, -0.15) is 0 Å². The molecule has 0 aromatic carbocycles. The van der Waals surface area contributed by atoms with Crippen LogP contribution in [0.25, 0.3) is 0 Å². The van der Waals surface area contributed by atoms with E-state index in [1.165, 1.54) is 38.9 Å². The number of nitrogens with zero attached hydrogens (tertiary/aromatic N) is 1. The first-order valence-corrected chi connectivity index (χ1v) is 8.75. The van der Waals surface area contributed by atoms with Gasteiger partial charge in [0.25, 0.3) is 0 Å². The standard InChI is InChI=1S/C18H35N/c1-14(2)9-17-11-18(12-17)10-16-5-7-19(8-6-16)13-15(3)4/h14-18H,5-13H2,1-4H3. The minimum Gasteiger partial charge on any atom is -0.303 e. The lowest BCUT2D eigenvalue weighted by Gasteiger charge is -2.40. The highest BCUT2D eigenvalue weighted by atomic mass is 15.1. The normalized spacial score (nSPS) is 30.0. The molecule has 1 saturated carbocycles. The second-order valence-corrected chi connectivity index (χ2v) is 8.21. The zero-order valence-electron chi connectivity index (χ0n) is 13.7. The number of piperidine rings is 1. The van der Waals surface area contributed by atoms with Crippen molar-refractivity contribution in [2.45, 2.75) is 66.2 Å². The molecule has 0 atom stereocenters. The van der Waals surface area contributed by atoms with E-state index in [4.69, 9.17) is 0 Å². The molecule has 19 heavy (non-hydrogen) atoms. The van der Waals surface area contributed by atoms with Crippen LogP contribution in [0, 0.1) is 29.6 Å². The molecule has 2 fully saturated rings. The van der Waals surface area contributed by atoms with Gasteiger partial charge in [0.15, 0.2) is 0 Å². The lowest BCUT2D eigenvalue weighted by Crippen LogP contribution is -2.37. The minimum atomic E-state index is 0.833. The van der Waals surface area contributed by atoms with Gasteiger partial charge in [0.2, 0.25) is 0 Å². The molecule has 1 aliphatic heterocycles. The van der Waals surface area contributed by atoms with Crippen LogP contribution in [0.3, 0.4) is 0 Å². The Balaban J connectivity index is 1.57. The summed E-state index contributed by atoms with van der Waals surface area (Å²) < 4.78 is 0. The molecule has 0 aromatic rings. The summed E-state index contributed by atoms with van der Waals surface area (Å²) in [4.78, 5) is 2.68. The van der Waals surface area contributed by atoms with Gasteiger partial charge in [-0.1, -0.05) is 27.7 Å². The number of likely N-dealkylation sites (tertiary alicyclic amines) is 1. The van der Waals surface area contributed by atoms with E-state index in [1.807, 2.05) is 0 Å². The van der Waals surface area contributed by atoms with Crippen molar-refractivity contribution >= 4 is 0 Å². The third-order valence-corrected chi connectivity index (χ3v) is 5.14. The Morgan fingerprint density at radius 3 is 2.00 bits per heavy atom. The van der Waals surface area contributed by atoms with E-state index in [2.05, 4.69) is 32.6 Å². The SMILES string of the molecule is CC(C)CC1CC(CC2CCN(CC(C)C)CC2)C1. The third-order valence-electron chi connectivity index (χ3n) is 5.14. The Kier molecular flexibility index (Phi) is 5.74. The highest BCUT2D eigenvalue weighted by Crippen LogP contribution is 2.42. The van der Waals surface area contributed by atoms with Crippen molar-refractivity contribution in [3.8, 4) is 0 Å². The molecule has 2 aliphatic rings. The second-order valence-electron chi connectivity index (χ2n) is 8.21. The molecule has 1 saturated heterocycles. The van der Waals surface area contributed by atoms with Gasteiger partial charge in [0.1, 0.15) is 0 Å². The van der Waals surface area contributed by atoms with Crippen molar-refractivity contribution in [1.82, 2.24) is 4.90 Å². The maximum atomic E-state index is 2.68. The Hall–Kier alpha value is -0.0400. The van der Waals surface area contributed by atoms with E-state index in [1.54, 1.807) is 19.3 Å². The van der Waals surface area contributed by atoms with Gasteiger partial charge in [0.05, 0.1) is 0 Å². The van der Waals surface area contributed by atoms with Gasteiger partial charge in [-0.15, -0.1) is 0 Å². The van der Waals surface area contributed by atoms with Crippen LogP contribution in [-0.4, -0.2) is 24.5 Å². The Morgan fingerprint density at radius 2 is 1.47 bits per heavy atom. The van der Waals surface area contributed by atoms with Gasteiger partial charge in [-0.3, -0.25) is 0 Å². The first-order valence-electron chi connectivity index (χ1n) is 8.75. The molecule has 1 nitrogen and oxygen atoms in total. The first-order chi connectivity index (χ1) is 9.02. The first kappa shape index (κ1) is 15.4. The monoisotopic (exact) mass is 265 g/mol. The second kappa shape index (κ2) is 7.11. The lowest BCUT2D eigenvalue weighted by atomic mass is 9.67. The summed E-state index contributed by atoms with van der Waals surface area (Å²) in [5.74, 6) is 4.95. The summed E-state index contributed by atoms with van der Waals surface area (Å²) in [5, 5.41) is 0. The molecule has 1 heteroatoms. The van der Waals surface area contributed by atoms with E-state index in [9.17, 15) is 0 Å². The fourth-order valence-corrected chi connectivity index (χ4v) is 4.32. The van der Waals surface area contributed by atoms with Crippen molar-refractivity contribution in [3.05, 3.63) is 0 Å². The number of hydrogen-bond donors (Lipinski definition) is 0.